The summed E-state index contributed by atoms with van der Waals surface area (Å²) in [6.45, 7) is 4.06. The van der Waals surface area contributed by atoms with Gasteiger partial charge in [-0.3, -0.25) is 18.6 Å². The molecule has 51 heavy (non-hydrogen) atoms. The molecule has 0 spiro atoms. The molecular formula is C41H70NO8P. The van der Waals surface area contributed by atoms with Crippen LogP contribution in [0.1, 0.15) is 129 Å². The lowest BCUT2D eigenvalue weighted by molar-refractivity contribution is -0.161. The van der Waals surface area contributed by atoms with E-state index in [4.69, 9.17) is 18.5 Å². The number of nitrogens with zero attached hydrogens (tertiary/aromatic N) is 1. The third kappa shape index (κ3) is 37.0. The summed E-state index contributed by atoms with van der Waals surface area (Å²) < 4.78 is 33.2. The van der Waals surface area contributed by atoms with Crippen LogP contribution in [-0.4, -0.2) is 68.3 Å². The van der Waals surface area contributed by atoms with Crippen molar-refractivity contribution in [2.24, 2.45) is 0 Å². The Morgan fingerprint density at radius 1 is 0.627 bits per heavy atom. The molecule has 0 amide bonds. The van der Waals surface area contributed by atoms with Gasteiger partial charge in [0, 0.05) is 19.4 Å². The molecule has 0 aliphatic carbocycles. The van der Waals surface area contributed by atoms with E-state index >= 15 is 0 Å². The average molecular weight is 736 g/mol. The highest BCUT2D eigenvalue weighted by Crippen LogP contribution is 2.43. The summed E-state index contributed by atoms with van der Waals surface area (Å²) in [7, 11) is -0.749. The lowest BCUT2D eigenvalue weighted by Crippen LogP contribution is -2.29. The molecule has 0 aliphatic rings. The topological polar surface area (TPSA) is 112 Å². The largest absolute Gasteiger partial charge is 0.472 e. The lowest BCUT2D eigenvalue weighted by Gasteiger charge is -2.20. The fourth-order valence-corrected chi connectivity index (χ4v) is 5.27. The number of phosphoric acid groups is 1. The van der Waals surface area contributed by atoms with Gasteiger partial charge in [-0.2, -0.15) is 0 Å². The summed E-state index contributed by atoms with van der Waals surface area (Å²) >= 11 is 0. The molecule has 0 aromatic heterocycles. The molecule has 0 rings (SSSR count). The Morgan fingerprint density at radius 2 is 1.14 bits per heavy atom. The number of likely N-dealkylation sites (N-methyl/N-ethyl adjacent to an activating group) is 1. The van der Waals surface area contributed by atoms with Crippen LogP contribution < -0.4 is 0 Å². The van der Waals surface area contributed by atoms with Crippen molar-refractivity contribution in [2.75, 3.05) is 40.5 Å². The van der Waals surface area contributed by atoms with E-state index in [2.05, 4.69) is 80.7 Å². The SMILES string of the molecule is CC/C=C\C/C=C\C/C=C\C/C=C\C/C=C\CCCC(=O)OCC(COP(=O)(O)OCCN(C)C)OC(=O)CCCCCCC/C=C\CCCC. The van der Waals surface area contributed by atoms with Crippen LogP contribution in [0.5, 0.6) is 0 Å². The number of unbranched alkanes of at least 4 members (excludes halogenated alkanes) is 8. The second kappa shape index (κ2) is 35.8. The van der Waals surface area contributed by atoms with E-state index in [0.29, 0.717) is 19.4 Å². The molecule has 292 valence electrons. The number of phosphoric ester groups is 1. The Labute approximate surface area is 310 Å². The molecule has 9 nitrogen and oxygen atoms in total. The Balaban J connectivity index is 4.47. The number of rotatable bonds is 34. The molecule has 0 aromatic carbocycles. The molecule has 10 heteroatoms. The summed E-state index contributed by atoms with van der Waals surface area (Å²) in [6.07, 6.45) is 41.0. The second-order valence-corrected chi connectivity index (χ2v) is 14.2. The van der Waals surface area contributed by atoms with Gasteiger partial charge in [-0.1, -0.05) is 119 Å². The minimum absolute atomic E-state index is 0.00670. The summed E-state index contributed by atoms with van der Waals surface area (Å²) in [5, 5.41) is 0. The lowest BCUT2D eigenvalue weighted by atomic mass is 10.1. The summed E-state index contributed by atoms with van der Waals surface area (Å²) in [5.74, 6) is -0.892. The van der Waals surface area contributed by atoms with Gasteiger partial charge in [0.05, 0.1) is 13.2 Å². The maximum atomic E-state index is 12.6. The summed E-state index contributed by atoms with van der Waals surface area (Å²) in [5.41, 5.74) is 0. The zero-order chi connectivity index (χ0) is 37.7. The van der Waals surface area contributed by atoms with Gasteiger partial charge in [-0.15, -0.1) is 0 Å². The van der Waals surface area contributed by atoms with Crippen LogP contribution in [0, 0.1) is 0 Å². The van der Waals surface area contributed by atoms with Gasteiger partial charge >= 0.3 is 19.8 Å². The van der Waals surface area contributed by atoms with Crippen LogP contribution in [0.25, 0.3) is 0 Å². The molecule has 0 saturated heterocycles. The van der Waals surface area contributed by atoms with E-state index in [0.717, 1.165) is 77.0 Å². The number of ether oxygens (including phenoxy) is 2. The second-order valence-electron chi connectivity index (χ2n) is 12.7. The number of hydrogen-bond acceptors (Lipinski definition) is 8. The van der Waals surface area contributed by atoms with Crippen molar-refractivity contribution in [1.29, 1.82) is 0 Å². The molecule has 2 unspecified atom stereocenters. The zero-order valence-electron chi connectivity index (χ0n) is 32.3. The van der Waals surface area contributed by atoms with Crippen LogP contribution in [0.3, 0.4) is 0 Å². The molecule has 0 saturated carbocycles. The van der Waals surface area contributed by atoms with Gasteiger partial charge < -0.3 is 19.3 Å². The monoisotopic (exact) mass is 735 g/mol. The van der Waals surface area contributed by atoms with Gasteiger partial charge in [-0.05, 0) is 84.7 Å². The maximum Gasteiger partial charge on any atom is 0.472 e. The van der Waals surface area contributed by atoms with Crippen molar-refractivity contribution in [3.05, 3.63) is 72.9 Å². The Kier molecular flexibility index (Phi) is 34.0. The van der Waals surface area contributed by atoms with E-state index in [1.807, 2.05) is 20.2 Å². The first-order valence-electron chi connectivity index (χ1n) is 19.2. The predicted molar refractivity (Wildman–Crippen MR) is 210 cm³/mol. The fourth-order valence-electron chi connectivity index (χ4n) is 4.52. The first-order valence-corrected chi connectivity index (χ1v) is 20.7. The molecule has 0 heterocycles. The van der Waals surface area contributed by atoms with Crippen molar-refractivity contribution in [3.63, 3.8) is 0 Å². The number of hydrogen-bond donors (Lipinski definition) is 1. The highest BCUT2D eigenvalue weighted by Gasteiger charge is 2.26. The fraction of sp³-hybridized carbons (Fsp3) is 0.659. The van der Waals surface area contributed by atoms with Crippen molar-refractivity contribution in [3.8, 4) is 0 Å². The van der Waals surface area contributed by atoms with E-state index < -0.39 is 32.5 Å². The van der Waals surface area contributed by atoms with E-state index in [1.165, 1.54) is 12.8 Å². The van der Waals surface area contributed by atoms with Gasteiger partial charge in [0.15, 0.2) is 6.10 Å². The highest BCUT2D eigenvalue weighted by molar-refractivity contribution is 7.47. The summed E-state index contributed by atoms with van der Waals surface area (Å²) in [6, 6.07) is 0. The molecule has 0 aliphatic heterocycles. The van der Waals surface area contributed by atoms with Crippen molar-refractivity contribution in [2.45, 2.75) is 136 Å². The van der Waals surface area contributed by atoms with Gasteiger partial charge in [-0.25, -0.2) is 4.57 Å². The normalized spacial score (nSPS) is 14.3. The minimum atomic E-state index is -4.37. The van der Waals surface area contributed by atoms with Crippen LogP contribution in [-0.2, 0) is 32.7 Å². The van der Waals surface area contributed by atoms with Gasteiger partial charge in [0.2, 0.25) is 0 Å². The molecular weight excluding hydrogens is 665 g/mol. The zero-order valence-corrected chi connectivity index (χ0v) is 33.2. The Morgan fingerprint density at radius 3 is 1.75 bits per heavy atom. The quantitative estimate of drug-likeness (QED) is 0.0299. The first-order chi connectivity index (χ1) is 24.7. The number of carbonyl (C=O) groups excluding carboxylic acids is 2. The molecule has 2 atom stereocenters. The number of carbonyl (C=O) groups is 2. The first kappa shape index (κ1) is 48.5. The van der Waals surface area contributed by atoms with E-state index in [1.54, 1.807) is 4.90 Å². The van der Waals surface area contributed by atoms with E-state index in [-0.39, 0.29) is 26.1 Å². The summed E-state index contributed by atoms with van der Waals surface area (Å²) in [4.78, 5) is 36.8. The maximum absolute atomic E-state index is 12.6. The number of esters is 2. The van der Waals surface area contributed by atoms with Crippen LogP contribution >= 0.6 is 7.82 Å². The van der Waals surface area contributed by atoms with Gasteiger partial charge in [0.1, 0.15) is 6.61 Å². The molecule has 0 radical (unpaired) electrons. The molecule has 0 bridgehead atoms. The standard InChI is InChI=1S/C41H70NO8P/c1-5-7-9-11-13-15-17-18-19-20-21-22-24-25-27-29-31-33-40(43)47-37-39(38-49-51(45,46)48-36-35-42(3)4)50-41(44)34-32-30-28-26-23-16-14-12-10-8-6-2/h7,9,12-15,18-19,21-22,25,27,39H,5-6,8,10-11,16-17,20,23-24,26,28-38H2,1-4H3,(H,45,46)/b9-7-,14-12-,15-13-,19-18-,22-21-,27-25-. The third-order valence-corrected chi connectivity index (χ3v) is 8.48. The molecule has 0 fully saturated rings. The third-order valence-electron chi connectivity index (χ3n) is 7.50. The van der Waals surface area contributed by atoms with Crippen molar-refractivity contribution < 1.29 is 37.6 Å². The minimum Gasteiger partial charge on any atom is -0.462 e. The van der Waals surface area contributed by atoms with Crippen LogP contribution in [0.2, 0.25) is 0 Å². The number of allylic oxidation sites excluding steroid dienone is 12. The van der Waals surface area contributed by atoms with Crippen LogP contribution in [0.15, 0.2) is 72.9 Å². The molecule has 1 N–H and O–H groups in total. The Hall–Kier alpha value is -2.55. The predicted octanol–water partition coefficient (Wildman–Crippen LogP) is 10.5. The smallest absolute Gasteiger partial charge is 0.462 e. The van der Waals surface area contributed by atoms with Crippen LogP contribution in [0.4, 0.5) is 0 Å². The van der Waals surface area contributed by atoms with Crippen molar-refractivity contribution >= 4 is 19.8 Å². The Bertz CT molecular complexity index is 1080. The van der Waals surface area contributed by atoms with Crippen molar-refractivity contribution in [1.82, 2.24) is 4.90 Å². The van der Waals surface area contributed by atoms with E-state index in [9.17, 15) is 19.0 Å². The highest BCUT2D eigenvalue weighted by atomic mass is 31.2. The van der Waals surface area contributed by atoms with Gasteiger partial charge in [0.25, 0.3) is 0 Å². The molecule has 0 aromatic rings. The average Bonchev–Trinajstić information content (AvgIpc) is 3.09.